The molecule has 2 aliphatic rings. The van der Waals surface area contributed by atoms with Crippen LogP contribution in [0.3, 0.4) is 0 Å². The second kappa shape index (κ2) is 8.94. The van der Waals surface area contributed by atoms with Crippen LogP contribution in [-0.2, 0) is 4.79 Å². The summed E-state index contributed by atoms with van der Waals surface area (Å²) in [6.07, 6.45) is -1.72. The summed E-state index contributed by atoms with van der Waals surface area (Å²) in [7, 11) is 0. The standard InChI is InChI=1S/C20H26F3N3O2/c21-20(22,23)14-25-10-4-7-16(13-25)18(27)24-17-8-11-26(12-9-17)19(28)15-5-2-1-3-6-15/h1-3,5-6,16-17H,4,7-14H2,(H,24,27). The van der Waals surface area contributed by atoms with E-state index in [1.54, 1.807) is 17.0 Å². The van der Waals surface area contributed by atoms with Gasteiger partial charge in [0.25, 0.3) is 5.91 Å². The topological polar surface area (TPSA) is 52.7 Å². The van der Waals surface area contributed by atoms with Gasteiger partial charge >= 0.3 is 6.18 Å². The zero-order valence-corrected chi connectivity index (χ0v) is 15.8. The molecule has 28 heavy (non-hydrogen) atoms. The van der Waals surface area contributed by atoms with E-state index in [2.05, 4.69) is 5.32 Å². The van der Waals surface area contributed by atoms with Crippen LogP contribution in [-0.4, -0.2) is 66.6 Å². The van der Waals surface area contributed by atoms with Crippen LogP contribution in [0.25, 0.3) is 0 Å². The molecule has 8 heteroatoms. The zero-order chi connectivity index (χ0) is 20.1. The number of amides is 2. The Balaban J connectivity index is 1.45. The van der Waals surface area contributed by atoms with Crippen molar-refractivity contribution in [2.45, 2.75) is 37.9 Å². The lowest BCUT2D eigenvalue weighted by atomic mass is 9.95. The Morgan fingerprint density at radius 1 is 1.04 bits per heavy atom. The maximum atomic E-state index is 12.6. The summed E-state index contributed by atoms with van der Waals surface area (Å²) >= 11 is 0. The molecule has 0 aliphatic carbocycles. The fraction of sp³-hybridized carbons (Fsp3) is 0.600. The molecule has 5 nitrogen and oxygen atoms in total. The Kier molecular flexibility index (Phi) is 6.59. The van der Waals surface area contributed by atoms with Crippen LogP contribution in [0.4, 0.5) is 13.2 Å². The van der Waals surface area contributed by atoms with E-state index < -0.39 is 18.6 Å². The lowest BCUT2D eigenvalue weighted by Crippen LogP contribution is -2.51. The van der Waals surface area contributed by atoms with Crippen LogP contribution in [0.5, 0.6) is 0 Å². The van der Waals surface area contributed by atoms with Gasteiger partial charge in [-0.15, -0.1) is 0 Å². The Morgan fingerprint density at radius 3 is 2.36 bits per heavy atom. The molecular formula is C20H26F3N3O2. The molecule has 0 aromatic heterocycles. The SMILES string of the molecule is O=C(NC1CCN(C(=O)c2ccccc2)CC1)C1CCCN(CC(F)(F)F)C1. The highest BCUT2D eigenvalue weighted by molar-refractivity contribution is 5.94. The predicted molar refractivity (Wildman–Crippen MR) is 98.7 cm³/mol. The number of nitrogens with zero attached hydrogens (tertiary/aromatic N) is 2. The molecule has 1 atom stereocenters. The van der Waals surface area contributed by atoms with Gasteiger partial charge in [0.05, 0.1) is 12.5 Å². The van der Waals surface area contributed by atoms with Gasteiger partial charge in [0.15, 0.2) is 0 Å². The normalized spacial score (nSPS) is 22.1. The molecule has 2 saturated heterocycles. The molecule has 2 amide bonds. The smallest absolute Gasteiger partial charge is 0.353 e. The van der Waals surface area contributed by atoms with Gasteiger partial charge in [-0.2, -0.15) is 13.2 Å². The Hall–Kier alpha value is -2.09. The molecule has 0 saturated carbocycles. The quantitative estimate of drug-likeness (QED) is 0.850. The fourth-order valence-electron chi connectivity index (χ4n) is 3.98. The van der Waals surface area contributed by atoms with E-state index >= 15 is 0 Å². The molecule has 1 N–H and O–H groups in total. The number of hydrogen-bond donors (Lipinski definition) is 1. The van der Waals surface area contributed by atoms with Crippen molar-refractivity contribution in [3.8, 4) is 0 Å². The number of halogens is 3. The van der Waals surface area contributed by atoms with Gasteiger partial charge in [0.2, 0.25) is 5.91 Å². The number of hydrogen-bond acceptors (Lipinski definition) is 3. The van der Waals surface area contributed by atoms with Crippen molar-refractivity contribution < 1.29 is 22.8 Å². The average molecular weight is 397 g/mol. The molecule has 2 fully saturated rings. The fourth-order valence-corrected chi connectivity index (χ4v) is 3.98. The van der Waals surface area contributed by atoms with Gasteiger partial charge in [-0.3, -0.25) is 14.5 Å². The van der Waals surface area contributed by atoms with Gasteiger partial charge in [0.1, 0.15) is 0 Å². The molecule has 0 radical (unpaired) electrons. The Labute approximate surface area is 162 Å². The van der Waals surface area contributed by atoms with Crippen molar-refractivity contribution in [1.82, 2.24) is 15.1 Å². The van der Waals surface area contributed by atoms with Crippen molar-refractivity contribution >= 4 is 11.8 Å². The highest BCUT2D eigenvalue weighted by Crippen LogP contribution is 2.23. The van der Waals surface area contributed by atoms with E-state index in [9.17, 15) is 22.8 Å². The van der Waals surface area contributed by atoms with Crippen molar-refractivity contribution in [1.29, 1.82) is 0 Å². The predicted octanol–water partition coefficient (Wildman–Crippen LogP) is 2.68. The molecular weight excluding hydrogens is 371 g/mol. The number of piperidine rings is 2. The minimum atomic E-state index is -4.24. The summed E-state index contributed by atoms with van der Waals surface area (Å²) in [6.45, 7) is 0.684. The van der Waals surface area contributed by atoms with Crippen LogP contribution in [0.1, 0.15) is 36.0 Å². The van der Waals surface area contributed by atoms with E-state index in [4.69, 9.17) is 0 Å². The molecule has 2 heterocycles. The van der Waals surface area contributed by atoms with Gasteiger partial charge in [-0.05, 0) is 44.4 Å². The molecule has 154 valence electrons. The van der Waals surface area contributed by atoms with Gasteiger partial charge in [-0.1, -0.05) is 18.2 Å². The third-order valence-electron chi connectivity index (χ3n) is 5.43. The number of likely N-dealkylation sites (tertiary alicyclic amines) is 2. The minimum Gasteiger partial charge on any atom is -0.353 e. The number of nitrogens with one attached hydrogen (secondary N) is 1. The van der Waals surface area contributed by atoms with Crippen LogP contribution >= 0.6 is 0 Å². The highest BCUT2D eigenvalue weighted by Gasteiger charge is 2.35. The van der Waals surface area contributed by atoms with Crippen LogP contribution < -0.4 is 5.32 Å². The number of carbonyl (C=O) groups excluding carboxylic acids is 2. The lowest BCUT2D eigenvalue weighted by molar-refractivity contribution is -0.152. The Bertz CT molecular complexity index is 673. The maximum Gasteiger partial charge on any atom is 0.401 e. The van der Waals surface area contributed by atoms with Gasteiger partial charge < -0.3 is 10.2 Å². The van der Waals surface area contributed by atoms with E-state index in [-0.39, 0.29) is 24.4 Å². The zero-order valence-electron chi connectivity index (χ0n) is 15.8. The molecule has 1 unspecified atom stereocenters. The summed E-state index contributed by atoms with van der Waals surface area (Å²) < 4.78 is 37.8. The lowest BCUT2D eigenvalue weighted by Gasteiger charge is -2.35. The molecule has 0 bridgehead atoms. The molecule has 0 spiro atoms. The van der Waals surface area contributed by atoms with Crippen molar-refractivity contribution in [3.63, 3.8) is 0 Å². The first-order valence-electron chi connectivity index (χ1n) is 9.75. The Morgan fingerprint density at radius 2 is 1.71 bits per heavy atom. The number of alkyl halides is 3. The van der Waals surface area contributed by atoms with Crippen LogP contribution in [0.2, 0.25) is 0 Å². The van der Waals surface area contributed by atoms with Gasteiger partial charge in [0, 0.05) is 31.2 Å². The number of benzene rings is 1. The summed E-state index contributed by atoms with van der Waals surface area (Å²) in [5.74, 6) is -0.583. The van der Waals surface area contributed by atoms with E-state index in [1.165, 1.54) is 4.90 Å². The molecule has 3 rings (SSSR count). The largest absolute Gasteiger partial charge is 0.401 e. The third kappa shape index (κ3) is 5.70. The van der Waals surface area contributed by atoms with Gasteiger partial charge in [-0.25, -0.2) is 0 Å². The number of carbonyl (C=O) groups is 2. The highest BCUT2D eigenvalue weighted by atomic mass is 19.4. The van der Waals surface area contributed by atoms with Crippen LogP contribution in [0, 0.1) is 5.92 Å². The van der Waals surface area contributed by atoms with Crippen molar-refractivity contribution in [2.24, 2.45) is 5.92 Å². The summed E-state index contributed by atoms with van der Waals surface area (Å²) in [5, 5.41) is 2.99. The average Bonchev–Trinajstić information content (AvgIpc) is 2.67. The number of rotatable bonds is 4. The second-order valence-electron chi connectivity index (χ2n) is 7.63. The summed E-state index contributed by atoms with van der Waals surface area (Å²) in [6, 6.07) is 9.04. The molecule has 1 aromatic carbocycles. The molecule has 2 aliphatic heterocycles. The van der Waals surface area contributed by atoms with E-state index in [0.717, 1.165) is 0 Å². The minimum absolute atomic E-state index is 0.0135. The first kappa shape index (κ1) is 20.6. The van der Waals surface area contributed by atoms with E-state index in [1.807, 2.05) is 18.2 Å². The summed E-state index contributed by atoms with van der Waals surface area (Å²) in [4.78, 5) is 28.1. The van der Waals surface area contributed by atoms with Crippen molar-refractivity contribution in [2.75, 3.05) is 32.7 Å². The maximum absolute atomic E-state index is 12.6. The first-order valence-corrected chi connectivity index (χ1v) is 9.75. The van der Waals surface area contributed by atoms with E-state index in [0.29, 0.717) is 50.9 Å². The van der Waals surface area contributed by atoms with Crippen molar-refractivity contribution in [3.05, 3.63) is 35.9 Å². The third-order valence-corrected chi connectivity index (χ3v) is 5.43. The van der Waals surface area contributed by atoms with Crippen LogP contribution in [0.15, 0.2) is 30.3 Å². The summed E-state index contributed by atoms with van der Waals surface area (Å²) in [5.41, 5.74) is 0.650. The molecule has 1 aromatic rings. The first-order chi connectivity index (χ1) is 13.3. The second-order valence-corrected chi connectivity index (χ2v) is 7.63. The monoisotopic (exact) mass is 397 g/mol.